The Bertz CT molecular complexity index is 1000. The van der Waals surface area contributed by atoms with Gasteiger partial charge in [-0.3, -0.25) is 4.79 Å². The molecule has 2 saturated heterocycles. The van der Waals surface area contributed by atoms with Crippen molar-refractivity contribution in [2.45, 2.75) is 31.4 Å². The lowest BCUT2D eigenvalue weighted by molar-refractivity contribution is -0.126. The number of aliphatic hydroxyl groups is 1. The van der Waals surface area contributed by atoms with Crippen molar-refractivity contribution < 1.29 is 23.8 Å². The van der Waals surface area contributed by atoms with Crippen LogP contribution in [0.2, 0.25) is 0 Å². The molecule has 5 rings (SSSR count). The highest BCUT2D eigenvalue weighted by atomic mass is 19.1. The molecule has 9 heteroatoms. The minimum atomic E-state index is -1.08. The van der Waals surface area contributed by atoms with Crippen molar-refractivity contribution in [1.29, 1.82) is 0 Å². The van der Waals surface area contributed by atoms with E-state index in [1.54, 1.807) is 12.3 Å². The Kier molecular flexibility index (Phi) is 6.82. The average molecular weight is 471 g/mol. The van der Waals surface area contributed by atoms with E-state index in [1.165, 1.54) is 6.07 Å². The first-order valence-electron chi connectivity index (χ1n) is 12.0. The third kappa shape index (κ3) is 4.95. The summed E-state index contributed by atoms with van der Waals surface area (Å²) in [5.41, 5.74) is 0.368. The zero-order chi connectivity index (χ0) is 23.5. The van der Waals surface area contributed by atoms with E-state index >= 15 is 0 Å². The molecular weight excluding hydrogens is 439 g/mol. The molecule has 0 bridgehead atoms. The summed E-state index contributed by atoms with van der Waals surface area (Å²) in [4.78, 5) is 22.0. The smallest absolute Gasteiger partial charge is 0.225 e. The van der Waals surface area contributed by atoms with Crippen LogP contribution in [0.5, 0.6) is 11.5 Å². The Balaban J connectivity index is 1.31. The van der Waals surface area contributed by atoms with Gasteiger partial charge in [-0.25, -0.2) is 9.37 Å². The van der Waals surface area contributed by atoms with E-state index in [1.807, 2.05) is 18.2 Å². The van der Waals surface area contributed by atoms with Crippen LogP contribution in [0.3, 0.4) is 0 Å². The Hall–Kier alpha value is -2.91. The number of amides is 1. The maximum Gasteiger partial charge on any atom is 0.225 e. The van der Waals surface area contributed by atoms with E-state index in [-0.39, 0.29) is 29.9 Å². The number of rotatable bonds is 7. The Labute approximate surface area is 198 Å². The van der Waals surface area contributed by atoms with Crippen LogP contribution in [0.4, 0.5) is 10.2 Å². The second kappa shape index (κ2) is 10.1. The second-order valence-electron chi connectivity index (χ2n) is 9.21. The SMILES string of the molecule is O=C(NC(CN1CCCC1)C(O)c1cc(F)c2c(c1)OCCO2)C1CCN(c2ccccn2)C1. The van der Waals surface area contributed by atoms with Crippen LogP contribution in [-0.4, -0.2) is 72.9 Å². The van der Waals surface area contributed by atoms with Gasteiger partial charge in [-0.2, -0.15) is 0 Å². The molecule has 0 radical (unpaired) electrons. The number of hydrogen-bond donors (Lipinski definition) is 2. The van der Waals surface area contributed by atoms with Gasteiger partial charge in [-0.05, 0) is 62.2 Å². The number of aliphatic hydroxyl groups excluding tert-OH is 1. The van der Waals surface area contributed by atoms with Crippen LogP contribution < -0.4 is 19.7 Å². The van der Waals surface area contributed by atoms with Gasteiger partial charge in [0.05, 0.1) is 12.0 Å². The summed E-state index contributed by atoms with van der Waals surface area (Å²) in [5.74, 6) is 0.348. The standard InChI is InChI=1S/C25H31FN4O4/c26-19-13-18(14-21-24(19)34-12-11-33-21)23(31)20(16-29-8-3-4-9-29)28-25(32)17-6-10-30(15-17)22-5-1-2-7-27-22/h1-2,5,7,13-14,17,20,23,31H,3-4,6,8-12,15-16H2,(H,28,32). The van der Waals surface area contributed by atoms with Crippen molar-refractivity contribution in [3.63, 3.8) is 0 Å². The van der Waals surface area contributed by atoms with Gasteiger partial charge in [-0.15, -0.1) is 0 Å². The fourth-order valence-electron chi connectivity index (χ4n) is 5.03. The molecule has 3 aliphatic heterocycles. The van der Waals surface area contributed by atoms with E-state index in [0.29, 0.717) is 31.7 Å². The average Bonchev–Trinajstić information content (AvgIpc) is 3.56. The Morgan fingerprint density at radius 3 is 2.82 bits per heavy atom. The molecule has 4 heterocycles. The van der Waals surface area contributed by atoms with Gasteiger partial charge in [0.1, 0.15) is 25.1 Å². The van der Waals surface area contributed by atoms with Gasteiger partial charge >= 0.3 is 0 Å². The summed E-state index contributed by atoms with van der Waals surface area (Å²) in [6.07, 6.45) is 3.57. The number of hydrogen-bond acceptors (Lipinski definition) is 7. The maximum absolute atomic E-state index is 14.6. The summed E-state index contributed by atoms with van der Waals surface area (Å²) in [7, 11) is 0. The summed E-state index contributed by atoms with van der Waals surface area (Å²) in [5, 5.41) is 14.3. The highest BCUT2D eigenvalue weighted by molar-refractivity contribution is 5.80. The summed E-state index contributed by atoms with van der Waals surface area (Å²) >= 11 is 0. The number of nitrogens with one attached hydrogen (secondary N) is 1. The van der Waals surface area contributed by atoms with Crippen LogP contribution in [0.15, 0.2) is 36.5 Å². The summed E-state index contributed by atoms with van der Waals surface area (Å²) in [6.45, 7) is 4.29. The molecule has 0 spiro atoms. The lowest BCUT2D eigenvalue weighted by atomic mass is 9.99. The van der Waals surface area contributed by atoms with Crippen molar-refractivity contribution in [3.8, 4) is 11.5 Å². The summed E-state index contributed by atoms with van der Waals surface area (Å²) in [6, 6.07) is 8.07. The number of halogens is 1. The fraction of sp³-hybridized carbons (Fsp3) is 0.520. The number of anilines is 1. The van der Waals surface area contributed by atoms with E-state index < -0.39 is 18.0 Å². The normalized spacial score (nSPS) is 21.9. The van der Waals surface area contributed by atoms with Gasteiger partial charge in [0.15, 0.2) is 17.3 Å². The second-order valence-corrected chi connectivity index (χ2v) is 9.21. The van der Waals surface area contributed by atoms with Crippen molar-refractivity contribution >= 4 is 11.7 Å². The molecule has 8 nitrogen and oxygen atoms in total. The summed E-state index contributed by atoms with van der Waals surface area (Å²) < 4.78 is 25.6. The Morgan fingerprint density at radius 1 is 1.21 bits per heavy atom. The van der Waals surface area contributed by atoms with Crippen LogP contribution in [-0.2, 0) is 4.79 Å². The quantitative estimate of drug-likeness (QED) is 0.641. The molecule has 2 fully saturated rings. The molecule has 1 aromatic carbocycles. The number of pyridine rings is 1. The van der Waals surface area contributed by atoms with Gasteiger partial charge in [-0.1, -0.05) is 6.07 Å². The van der Waals surface area contributed by atoms with Gasteiger partial charge in [0, 0.05) is 25.8 Å². The lowest BCUT2D eigenvalue weighted by Gasteiger charge is -2.30. The number of ether oxygens (including phenoxy) is 2. The van der Waals surface area contributed by atoms with Crippen molar-refractivity contribution in [2.75, 3.05) is 50.8 Å². The van der Waals surface area contributed by atoms with Crippen LogP contribution in [0.1, 0.15) is 30.9 Å². The molecule has 3 unspecified atom stereocenters. The number of likely N-dealkylation sites (tertiary alicyclic amines) is 1. The largest absolute Gasteiger partial charge is 0.486 e. The first kappa shape index (κ1) is 22.9. The zero-order valence-corrected chi connectivity index (χ0v) is 19.2. The Morgan fingerprint density at radius 2 is 2.03 bits per heavy atom. The number of nitrogens with zero attached hydrogens (tertiary/aromatic N) is 3. The first-order valence-corrected chi connectivity index (χ1v) is 12.0. The van der Waals surface area contributed by atoms with E-state index in [4.69, 9.17) is 9.47 Å². The zero-order valence-electron chi connectivity index (χ0n) is 19.2. The van der Waals surface area contributed by atoms with Gasteiger partial charge in [0.2, 0.25) is 5.91 Å². The molecule has 3 aliphatic rings. The monoisotopic (exact) mass is 470 g/mol. The highest BCUT2D eigenvalue weighted by Gasteiger charge is 2.34. The molecule has 34 heavy (non-hydrogen) atoms. The van der Waals surface area contributed by atoms with Crippen LogP contribution in [0, 0.1) is 11.7 Å². The fourth-order valence-corrected chi connectivity index (χ4v) is 5.03. The maximum atomic E-state index is 14.6. The third-order valence-corrected chi connectivity index (χ3v) is 6.86. The number of fused-ring (bicyclic) bond motifs is 1. The molecule has 1 aromatic heterocycles. The van der Waals surface area contributed by atoms with Crippen molar-refractivity contribution in [3.05, 3.63) is 47.9 Å². The van der Waals surface area contributed by atoms with E-state index in [0.717, 1.165) is 38.3 Å². The molecular formula is C25H31FN4O4. The minimum Gasteiger partial charge on any atom is -0.486 e. The molecule has 3 atom stereocenters. The molecule has 0 aliphatic carbocycles. The first-order chi connectivity index (χ1) is 16.6. The lowest BCUT2D eigenvalue weighted by Crippen LogP contribution is -2.48. The molecule has 0 saturated carbocycles. The van der Waals surface area contributed by atoms with Crippen molar-refractivity contribution in [1.82, 2.24) is 15.2 Å². The van der Waals surface area contributed by atoms with E-state index in [2.05, 4.69) is 20.1 Å². The number of aromatic nitrogens is 1. The van der Waals surface area contributed by atoms with Crippen molar-refractivity contribution in [2.24, 2.45) is 5.92 Å². The molecule has 1 amide bonds. The number of carbonyl (C=O) groups excluding carboxylic acids is 1. The highest BCUT2D eigenvalue weighted by Crippen LogP contribution is 2.36. The van der Waals surface area contributed by atoms with Crippen LogP contribution in [0.25, 0.3) is 0 Å². The van der Waals surface area contributed by atoms with Gasteiger partial charge in [0.25, 0.3) is 0 Å². The van der Waals surface area contributed by atoms with E-state index in [9.17, 15) is 14.3 Å². The minimum absolute atomic E-state index is 0.0721. The third-order valence-electron chi connectivity index (χ3n) is 6.86. The molecule has 182 valence electrons. The number of carbonyl (C=O) groups is 1. The molecule has 2 aromatic rings. The predicted molar refractivity (Wildman–Crippen MR) is 125 cm³/mol. The molecule has 2 N–H and O–H groups in total. The van der Waals surface area contributed by atoms with Gasteiger partial charge < -0.3 is 29.7 Å². The topological polar surface area (TPSA) is 87.2 Å². The number of benzene rings is 1. The van der Waals surface area contributed by atoms with Crippen LogP contribution >= 0.6 is 0 Å². The predicted octanol–water partition coefficient (Wildman–Crippen LogP) is 2.13.